The van der Waals surface area contributed by atoms with Gasteiger partial charge in [-0.05, 0) is 60.2 Å². The third kappa shape index (κ3) is 4.84. The van der Waals surface area contributed by atoms with Gasteiger partial charge in [0.15, 0.2) is 5.78 Å². The van der Waals surface area contributed by atoms with E-state index in [0.717, 1.165) is 11.1 Å². The molecule has 0 aromatic heterocycles. The quantitative estimate of drug-likeness (QED) is 0.414. The van der Waals surface area contributed by atoms with Crippen molar-refractivity contribution < 1.29 is 19.4 Å². The summed E-state index contributed by atoms with van der Waals surface area (Å²) in [5, 5.41) is 10.8. The molecule has 1 aliphatic carbocycles. The molecule has 2 aliphatic rings. The first-order valence-corrected chi connectivity index (χ1v) is 12.3. The maximum Gasteiger partial charge on any atom is 0.315 e. The molecular weight excluding hydrogens is 474 g/mol. The van der Waals surface area contributed by atoms with Gasteiger partial charge in [-0.3, -0.25) is 14.6 Å². The Morgan fingerprint density at radius 3 is 2.47 bits per heavy atom. The maximum absolute atomic E-state index is 13.6. The Balaban J connectivity index is 1.51. The largest absolute Gasteiger partial charge is 0.508 e. The van der Waals surface area contributed by atoms with Crippen LogP contribution in [-0.2, 0) is 20.9 Å². The van der Waals surface area contributed by atoms with Crippen molar-refractivity contribution in [1.82, 2.24) is 0 Å². The van der Waals surface area contributed by atoms with Crippen LogP contribution in [0.15, 0.2) is 95.1 Å². The molecule has 0 spiro atoms. The van der Waals surface area contributed by atoms with Crippen LogP contribution >= 0.6 is 11.6 Å². The second kappa shape index (κ2) is 10.1. The highest BCUT2D eigenvalue weighted by molar-refractivity contribution is 6.30. The zero-order valence-corrected chi connectivity index (χ0v) is 20.6. The first-order chi connectivity index (χ1) is 17.4. The number of ketones is 1. The van der Waals surface area contributed by atoms with E-state index < -0.39 is 17.8 Å². The van der Waals surface area contributed by atoms with Crippen molar-refractivity contribution in [2.75, 3.05) is 0 Å². The standard InChI is InChI=1S/C30H26ClNO4/c1-18-27(30(35)36-17-19-6-3-2-4-7-19)28(21-8-5-9-24(33)14-21)29-25(32-18)15-22(16-26(29)34)20-10-12-23(31)13-11-20/h2-14,22,27-28,33H,15-17H2,1H3/t22-,27?,28-/m0/s1. The Morgan fingerprint density at radius 1 is 1.00 bits per heavy atom. The van der Waals surface area contributed by atoms with Crippen molar-refractivity contribution in [3.63, 3.8) is 0 Å². The number of carbonyl (C=O) groups is 2. The Hall–Kier alpha value is -3.70. The fourth-order valence-electron chi connectivity index (χ4n) is 5.23. The summed E-state index contributed by atoms with van der Waals surface area (Å²) in [6.07, 6.45) is 0.900. The first-order valence-electron chi connectivity index (χ1n) is 12.0. The molecule has 0 amide bonds. The molecule has 36 heavy (non-hydrogen) atoms. The number of carbonyl (C=O) groups excluding carboxylic acids is 2. The monoisotopic (exact) mass is 499 g/mol. The smallest absolute Gasteiger partial charge is 0.315 e. The minimum Gasteiger partial charge on any atom is -0.508 e. The number of Topliss-reactive ketones (excluding diaryl/α,β-unsaturated/α-hetero) is 1. The lowest BCUT2D eigenvalue weighted by Crippen LogP contribution is -2.38. The number of hydrogen-bond donors (Lipinski definition) is 1. The van der Waals surface area contributed by atoms with E-state index in [9.17, 15) is 14.7 Å². The van der Waals surface area contributed by atoms with E-state index in [2.05, 4.69) is 0 Å². The SMILES string of the molecule is CC1=NC2=C(C(=O)C[C@@H](c3ccc(Cl)cc3)C2)[C@@H](c2cccc(O)c2)C1C(=O)OCc1ccccc1. The molecule has 3 atom stereocenters. The number of halogens is 1. The fraction of sp³-hybridized carbons (Fsp3) is 0.233. The van der Waals surface area contributed by atoms with Gasteiger partial charge in [0.1, 0.15) is 18.3 Å². The molecule has 0 fully saturated rings. The predicted molar refractivity (Wildman–Crippen MR) is 139 cm³/mol. The third-order valence-electron chi connectivity index (χ3n) is 6.94. The summed E-state index contributed by atoms with van der Waals surface area (Å²) in [5.74, 6) is -1.75. The number of hydrogen-bond acceptors (Lipinski definition) is 5. The van der Waals surface area contributed by atoms with E-state index in [-0.39, 0.29) is 24.1 Å². The fourth-order valence-corrected chi connectivity index (χ4v) is 5.36. The van der Waals surface area contributed by atoms with E-state index >= 15 is 0 Å². The van der Waals surface area contributed by atoms with Crippen molar-refractivity contribution >= 4 is 29.1 Å². The van der Waals surface area contributed by atoms with Crippen molar-refractivity contribution in [3.8, 4) is 5.75 Å². The zero-order valence-electron chi connectivity index (χ0n) is 19.9. The van der Waals surface area contributed by atoms with Gasteiger partial charge in [0.2, 0.25) is 0 Å². The molecule has 5 nitrogen and oxygen atoms in total. The van der Waals surface area contributed by atoms with Gasteiger partial charge in [0.05, 0.1) is 0 Å². The summed E-state index contributed by atoms with van der Waals surface area (Å²) < 4.78 is 5.71. The minimum absolute atomic E-state index is 0.0172. The lowest BCUT2D eigenvalue weighted by atomic mass is 9.69. The topological polar surface area (TPSA) is 76.0 Å². The molecule has 6 heteroatoms. The van der Waals surface area contributed by atoms with Gasteiger partial charge < -0.3 is 9.84 Å². The van der Waals surface area contributed by atoms with Crippen LogP contribution in [-0.4, -0.2) is 22.6 Å². The summed E-state index contributed by atoms with van der Waals surface area (Å²) in [6.45, 7) is 1.94. The summed E-state index contributed by atoms with van der Waals surface area (Å²) in [5.41, 5.74) is 4.44. The molecule has 1 N–H and O–H groups in total. The third-order valence-corrected chi connectivity index (χ3v) is 7.19. The molecule has 0 radical (unpaired) electrons. The molecule has 3 aromatic rings. The maximum atomic E-state index is 13.6. The lowest BCUT2D eigenvalue weighted by molar-refractivity contribution is -0.148. The van der Waals surface area contributed by atoms with Crippen LogP contribution in [0.5, 0.6) is 5.75 Å². The van der Waals surface area contributed by atoms with Gasteiger partial charge in [-0.1, -0.05) is 66.2 Å². The van der Waals surface area contributed by atoms with Crippen molar-refractivity contribution in [1.29, 1.82) is 0 Å². The number of phenols is 1. The average Bonchev–Trinajstić information content (AvgIpc) is 2.87. The van der Waals surface area contributed by atoms with E-state index in [4.69, 9.17) is 21.3 Å². The van der Waals surface area contributed by atoms with E-state index in [1.165, 1.54) is 0 Å². The summed E-state index contributed by atoms with van der Waals surface area (Å²) in [6, 6.07) is 23.8. The number of ether oxygens (including phenoxy) is 1. The normalized spacial score (nSPS) is 21.6. The van der Waals surface area contributed by atoms with Crippen LogP contribution in [0.1, 0.15) is 48.3 Å². The van der Waals surface area contributed by atoms with Crippen molar-refractivity contribution in [2.24, 2.45) is 10.9 Å². The zero-order chi connectivity index (χ0) is 25.2. The number of allylic oxidation sites excluding steroid dienone is 2. The Labute approximate surface area is 215 Å². The summed E-state index contributed by atoms with van der Waals surface area (Å²) >= 11 is 6.06. The Bertz CT molecular complexity index is 1360. The Morgan fingerprint density at radius 2 is 1.75 bits per heavy atom. The van der Waals surface area contributed by atoms with E-state index in [1.807, 2.05) is 67.6 Å². The molecule has 182 valence electrons. The van der Waals surface area contributed by atoms with Crippen molar-refractivity contribution in [3.05, 3.63) is 112 Å². The number of nitrogens with zero attached hydrogens (tertiary/aromatic N) is 1. The highest BCUT2D eigenvalue weighted by atomic mass is 35.5. The van der Waals surface area contributed by atoms with Crippen molar-refractivity contribution in [2.45, 2.75) is 38.2 Å². The number of phenolic OH excluding ortho intramolecular Hbond substituents is 1. The minimum atomic E-state index is -0.759. The van der Waals surface area contributed by atoms with Crippen LogP contribution in [0.2, 0.25) is 5.02 Å². The van der Waals surface area contributed by atoms with Gasteiger partial charge >= 0.3 is 5.97 Å². The predicted octanol–water partition coefficient (Wildman–Crippen LogP) is 6.36. The number of benzene rings is 3. The van der Waals surface area contributed by atoms with Crippen LogP contribution in [0.3, 0.4) is 0 Å². The number of rotatable bonds is 5. The molecular formula is C30H26ClNO4. The molecule has 1 unspecified atom stereocenters. The molecule has 0 saturated heterocycles. The summed E-state index contributed by atoms with van der Waals surface area (Å²) in [7, 11) is 0. The lowest BCUT2D eigenvalue weighted by Gasteiger charge is -2.36. The van der Waals surface area contributed by atoms with E-state index in [0.29, 0.717) is 40.4 Å². The van der Waals surface area contributed by atoms with Gasteiger partial charge in [-0.25, -0.2) is 0 Å². The van der Waals surface area contributed by atoms with Crippen LogP contribution in [0.4, 0.5) is 0 Å². The van der Waals surface area contributed by atoms with Crippen LogP contribution in [0, 0.1) is 5.92 Å². The van der Waals surface area contributed by atoms with E-state index in [1.54, 1.807) is 18.2 Å². The van der Waals surface area contributed by atoms with Gasteiger partial charge in [0, 0.05) is 34.3 Å². The highest BCUT2D eigenvalue weighted by Gasteiger charge is 2.44. The molecule has 3 aromatic carbocycles. The Kier molecular flexibility index (Phi) is 6.75. The molecule has 5 rings (SSSR count). The highest BCUT2D eigenvalue weighted by Crippen LogP contribution is 2.47. The molecule has 1 heterocycles. The number of aliphatic imine (C=N–C) groups is 1. The van der Waals surface area contributed by atoms with Gasteiger partial charge in [-0.15, -0.1) is 0 Å². The second-order valence-electron chi connectivity index (χ2n) is 9.34. The summed E-state index contributed by atoms with van der Waals surface area (Å²) in [4.78, 5) is 31.9. The second-order valence-corrected chi connectivity index (χ2v) is 9.77. The molecule has 1 aliphatic heterocycles. The molecule has 0 bridgehead atoms. The van der Waals surface area contributed by atoms with Crippen LogP contribution in [0.25, 0.3) is 0 Å². The van der Waals surface area contributed by atoms with Crippen LogP contribution < -0.4 is 0 Å². The number of esters is 1. The molecule has 0 saturated carbocycles. The van der Waals surface area contributed by atoms with Gasteiger partial charge in [-0.2, -0.15) is 0 Å². The number of aromatic hydroxyl groups is 1. The average molecular weight is 500 g/mol. The van der Waals surface area contributed by atoms with Gasteiger partial charge in [0.25, 0.3) is 0 Å². The first kappa shape index (κ1) is 24.0.